The molecule has 3 aromatic carbocycles. The van der Waals surface area contributed by atoms with Crippen LogP contribution in [0.3, 0.4) is 0 Å². The lowest BCUT2D eigenvalue weighted by Gasteiger charge is -2.18. The number of hydrogen-bond donors (Lipinski definition) is 1. The molecule has 1 aromatic heterocycles. The maximum atomic E-state index is 13.0. The van der Waals surface area contributed by atoms with Gasteiger partial charge in [0.25, 0.3) is 5.91 Å². The third kappa shape index (κ3) is 5.26. The first-order chi connectivity index (χ1) is 16.0. The van der Waals surface area contributed by atoms with Crippen LogP contribution in [0.4, 0.5) is 10.1 Å². The molecule has 0 fully saturated rings. The molecule has 0 aliphatic heterocycles. The highest BCUT2D eigenvalue weighted by molar-refractivity contribution is 5.94. The number of rotatable bonds is 8. The normalized spacial score (nSPS) is 10.8. The fraction of sp³-hybridized carbons (Fsp3) is 0.192. The zero-order valence-corrected chi connectivity index (χ0v) is 18.4. The maximum Gasteiger partial charge on any atom is 0.251 e. The number of amides is 2. The van der Waals surface area contributed by atoms with Crippen LogP contribution in [-0.2, 0) is 17.8 Å². The van der Waals surface area contributed by atoms with Crippen molar-refractivity contribution in [1.29, 1.82) is 0 Å². The molecule has 0 saturated heterocycles. The minimum Gasteiger partial charge on any atom is -0.352 e. The molecular formula is C26H25FN4O2. The molecule has 33 heavy (non-hydrogen) atoms. The first kappa shape index (κ1) is 22.2. The summed E-state index contributed by atoms with van der Waals surface area (Å²) in [5, 5.41) is 2.85. The SMILES string of the molecule is CN(C(=O)Cn1c(CCCNC(=O)c2ccc(F)cc2)nc2ccccc21)c1ccccc1. The van der Waals surface area contributed by atoms with Crippen molar-refractivity contribution < 1.29 is 14.0 Å². The van der Waals surface area contributed by atoms with Gasteiger partial charge in [0, 0.05) is 31.3 Å². The molecule has 0 spiro atoms. The summed E-state index contributed by atoms with van der Waals surface area (Å²) in [6, 6.07) is 22.7. The molecule has 4 aromatic rings. The van der Waals surface area contributed by atoms with E-state index < -0.39 is 0 Å². The van der Waals surface area contributed by atoms with Crippen molar-refractivity contribution in [3.8, 4) is 0 Å². The second-order valence-electron chi connectivity index (χ2n) is 7.76. The molecule has 168 valence electrons. The van der Waals surface area contributed by atoms with Crippen molar-refractivity contribution in [2.24, 2.45) is 0 Å². The minimum absolute atomic E-state index is 0.0461. The second kappa shape index (κ2) is 10.1. The highest BCUT2D eigenvalue weighted by atomic mass is 19.1. The Morgan fingerprint density at radius 3 is 2.42 bits per heavy atom. The number of aromatic nitrogens is 2. The second-order valence-corrected chi connectivity index (χ2v) is 7.76. The number of para-hydroxylation sites is 3. The van der Waals surface area contributed by atoms with Crippen LogP contribution in [0, 0.1) is 5.82 Å². The number of nitrogens with zero attached hydrogens (tertiary/aromatic N) is 3. The van der Waals surface area contributed by atoms with E-state index in [9.17, 15) is 14.0 Å². The minimum atomic E-state index is -0.377. The number of anilines is 1. The number of carbonyl (C=O) groups excluding carboxylic acids is 2. The van der Waals surface area contributed by atoms with Crippen molar-refractivity contribution in [3.05, 3.63) is 96.1 Å². The topological polar surface area (TPSA) is 67.2 Å². The van der Waals surface area contributed by atoms with Crippen molar-refractivity contribution >= 4 is 28.5 Å². The van der Waals surface area contributed by atoms with Crippen molar-refractivity contribution in [2.75, 3.05) is 18.5 Å². The van der Waals surface area contributed by atoms with Crippen molar-refractivity contribution in [3.63, 3.8) is 0 Å². The Morgan fingerprint density at radius 2 is 1.67 bits per heavy atom. The van der Waals surface area contributed by atoms with E-state index in [1.165, 1.54) is 24.3 Å². The highest BCUT2D eigenvalue weighted by Gasteiger charge is 2.17. The van der Waals surface area contributed by atoms with E-state index in [1.807, 2.05) is 59.2 Å². The quantitative estimate of drug-likeness (QED) is 0.414. The predicted octanol–water partition coefficient (Wildman–Crippen LogP) is 4.20. The third-order valence-electron chi connectivity index (χ3n) is 5.51. The number of fused-ring (bicyclic) bond motifs is 1. The molecule has 1 N–H and O–H groups in total. The summed E-state index contributed by atoms with van der Waals surface area (Å²) in [6.45, 7) is 0.612. The van der Waals surface area contributed by atoms with Crippen LogP contribution in [0.25, 0.3) is 11.0 Å². The van der Waals surface area contributed by atoms with E-state index >= 15 is 0 Å². The summed E-state index contributed by atoms with van der Waals surface area (Å²) < 4.78 is 15.0. The lowest BCUT2D eigenvalue weighted by atomic mass is 10.2. The number of halogens is 1. The Kier molecular flexibility index (Phi) is 6.78. The van der Waals surface area contributed by atoms with Crippen LogP contribution in [0.2, 0.25) is 0 Å². The van der Waals surface area contributed by atoms with Gasteiger partial charge in [-0.3, -0.25) is 9.59 Å². The molecule has 0 aliphatic carbocycles. The average Bonchev–Trinajstić information content (AvgIpc) is 3.19. The number of hydrogen-bond acceptors (Lipinski definition) is 3. The van der Waals surface area contributed by atoms with Crippen LogP contribution in [-0.4, -0.2) is 35.0 Å². The maximum absolute atomic E-state index is 13.0. The van der Waals surface area contributed by atoms with Gasteiger partial charge in [-0.25, -0.2) is 9.37 Å². The number of carbonyl (C=O) groups is 2. The van der Waals surface area contributed by atoms with Crippen LogP contribution in [0.15, 0.2) is 78.9 Å². The summed E-state index contributed by atoms with van der Waals surface area (Å²) >= 11 is 0. The van der Waals surface area contributed by atoms with Crippen molar-refractivity contribution in [1.82, 2.24) is 14.9 Å². The van der Waals surface area contributed by atoms with Crippen LogP contribution >= 0.6 is 0 Å². The molecular weight excluding hydrogens is 419 g/mol. The molecule has 7 heteroatoms. The molecule has 0 radical (unpaired) electrons. The van der Waals surface area contributed by atoms with E-state index in [4.69, 9.17) is 4.98 Å². The molecule has 0 bridgehead atoms. The van der Waals surface area contributed by atoms with Crippen molar-refractivity contribution in [2.45, 2.75) is 19.4 Å². The molecule has 0 aliphatic rings. The Morgan fingerprint density at radius 1 is 0.970 bits per heavy atom. The van der Waals surface area contributed by atoms with Gasteiger partial charge in [-0.05, 0) is 55.0 Å². The number of benzene rings is 3. The fourth-order valence-electron chi connectivity index (χ4n) is 3.68. The van der Waals surface area contributed by atoms with Gasteiger partial charge in [-0.1, -0.05) is 30.3 Å². The summed E-state index contributed by atoms with van der Waals surface area (Å²) in [5.74, 6) is 0.123. The van der Waals surface area contributed by atoms with Gasteiger partial charge < -0.3 is 14.8 Å². The van der Waals surface area contributed by atoms with Gasteiger partial charge in [0.2, 0.25) is 5.91 Å². The number of nitrogens with one attached hydrogen (secondary N) is 1. The van der Waals surface area contributed by atoms with E-state index in [-0.39, 0.29) is 24.2 Å². The van der Waals surface area contributed by atoms with Gasteiger partial charge in [0.15, 0.2) is 0 Å². The number of likely N-dealkylation sites (N-methyl/N-ethyl adjacent to an activating group) is 1. The van der Waals surface area contributed by atoms with Gasteiger partial charge >= 0.3 is 0 Å². The fourth-order valence-corrected chi connectivity index (χ4v) is 3.68. The molecule has 2 amide bonds. The van der Waals surface area contributed by atoms with E-state index in [0.717, 1.165) is 22.5 Å². The number of imidazole rings is 1. The zero-order chi connectivity index (χ0) is 23.2. The Hall–Kier alpha value is -4.00. The van der Waals surface area contributed by atoms with Gasteiger partial charge in [0.05, 0.1) is 11.0 Å². The van der Waals surface area contributed by atoms with Gasteiger partial charge in [0.1, 0.15) is 18.2 Å². The van der Waals surface area contributed by atoms with E-state index in [1.54, 1.807) is 11.9 Å². The lowest BCUT2D eigenvalue weighted by molar-refractivity contribution is -0.118. The molecule has 0 saturated carbocycles. The zero-order valence-electron chi connectivity index (χ0n) is 18.4. The van der Waals surface area contributed by atoms with Crippen LogP contribution in [0.5, 0.6) is 0 Å². The third-order valence-corrected chi connectivity index (χ3v) is 5.51. The molecule has 0 unspecified atom stereocenters. The molecule has 6 nitrogen and oxygen atoms in total. The Bertz CT molecular complexity index is 1250. The Balaban J connectivity index is 1.43. The Labute approximate surface area is 191 Å². The molecule has 0 atom stereocenters. The predicted molar refractivity (Wildman–Crippen MR) is 127 cm³/mol. The summed E-state index contributed by atoms with van der Waals surface area (Å²) in [5.41, 5.74) is 2.98. The smallest absolute Gasteiger partial charge is 0.251 e. The first-order valence-electron chi connectivity index (χ1n) is 10.8. The van der Waals surface area contributed by atoms with Gasteiger partial charge in [-0.15, -0.1) is 0 Å². The summed E-state index contributed by atoms with van der Waals surface area (Å²) in [7, 11) is 1.77. The van der Waals surface area contributed by atoms with Crippen LogP contribution < -0.4 is 10.2 Å². The molecule has 1 heterocycles. The average molecular weight is 445 g/mol. The monoisotopic (exact) mass is 444 g/mol. The first-order valence-corrected chi connectivity index (χ1v) is 10.8. The highest BCUT2D eigenvalue weighted by Crippen LogP contribution is 2.19. The standard InChI is InChI=1S/C26H25FN4O2/c1-30(21-8-3-2-4-9-21)25(32)18-31-23-11-6-5-10-22(23)29-24(31)12-7-17-28-26(33)19-13-15-20(27)16-14-19/h2-6,8-11,13-16H,7,12,17-18H2,1H3,(H,28,33). The van der Waals surface area contributed by atoms with E-state index in [0.29, 0.717) is 24.9 Å². The molecule has 4 rings (SSSR count). The van der Waals surface area contributed by atoms with E-state index in [2.05, 4.69) is 5.32 Å². The lowest BCUT2D eigenvalue weighted by Crippen LogP contribution is -2.30. The summed E-state index contributed by atoms with van der Waals surface area (Å²) in [6.07, 6.45) is 1.25. The number of aryl methyl sites for hydroxylation is 1. The van der Waals surface area contributed by atoms with Gasteiger partial charge in [-0.2, -0.15) is 0 Å². The largest absolute Gasteiger partial charge is 0.352 e. The van der Waals surface area contributed by atoms with Crippen LogP contribution in [0.1, 0.15) is 22.6 Å². The summed E-state index contributed by atoms with van der Waals surface area (Å²) in [4.78, 5) is 31.6.